The molecule has 0 aliphatic rings. The van der Waals surface area contributed by atoms with E-state index >= 15 is 0 Å². The van der Waals surface area contributed by atoms with E-state index in [1.165, 1.54) is 0 Å². The summed E-state index contributed by atoms with van der Waals surface area (Å²) in [6.45, 7) is 1.94. The van der Waals surface area contributed by atoms with E-state index < -0.39 is 0 Å². The minimum absolute atomic E-state index is 0.0982. The van der Waals surface area contributed by atoms with Crippen LogP contribution in [0.3, 0.4) is 0 Å². The van der Waals surface area contributed by atoms with Crippen molar-refractivity contribution in [1.82, 2.24) is 5.32 Å². The van der Waals surface area contributed by atoms with Crippen molar-refractivity contribution in [3.8, 4) is 5.75 Å². The Morgan fingerprint density at radius 1 is 1.32 bits per heavy atom. The third-order valence-corrected chi connectivity index (χ3v) is 3.35. The number of likely N-dealkylation sites (N-methyl/N-ethyl adjacent to an activating group) is 1. The van der Waals surface area contributed by atoms with Crippen LogP contribution in [0.1, 0.15) is 23.1 Å². The van der Waals surface area contributed by atoms with Gasteiger partial charge >= 0.3 is 0 Å². The van der Waals surface area contributed by atoms with Crippen LogP contribution in [0.25, 0.3) is 0 Å². The number of hydrogen-bond acceptors (Lipinski definition) is 3. The fourth-order valence-electron chi connectivity index (χ4n) is 2.11. The summed E-state index contributed by atoms with van der Waals surface area (Å²) >= 11 is 6.05. The van der Waals surface area contributed by atoms with Crippen molar-refractivity contribution in [2.75, 3.05) is 14.2 Å². The van der Waals surface area contributed by atoms with Crippen LogP contribution < -0.4 is 10.1 Å². The SMILES string of the molecule is CNC(Cc1cc(Cl)ccc1OC)c1ccc(C)o1. The maximum absolute atomic E-state index is 6.05. The second kappa shape index (κ2) is 6.13. The van der Waals surface area contributed by atoms with Crippen LogP contribution in [-0.2, 0) is 6.42 Å². The molecular weight excluding hydrogens is 262 g/mol. The maximum Gasteiger partial charge on any atom is 0.122 e. The number of nitrogens with one attached hydrogen (secondary N) is 1. The molecule has 3 nitrogen and oxygen atoms in total. The van der Waals surface area contributed by atoms with Gasteiger partial charge in [-0.2, -0.15) is 0 Å². The van der Waals surface area contributed by atoms with Gasteiger partial charge < -0.3 is 14.5 Å². The summed E-state index contributed by atoms with van der Waals surface area (Å²) in [5, 5.41) is 3.97. The summed E-state index contributed by atoms with van der Waals surface area (Å²) in [6.07, 6.45) is 0.757. The smallest absolute Gasteiger partial charge is 0.122 e. The van der Waals surface area contributed by atoms with E-state index in [-0.39, 0.29) is 6.04 Å². The number of benzene rings is 1. The molecule has 0 spiro atoms. The predicted octanol–water partition coefficient (Wildman–Crippen LogP) is 3.75. The molecule has 19 heavy (non-hydrogen) atoms. The van der Waals surface area contributed by atoms with Crippen molar-refractivity contribution in [2.24, 2.45) is 0 Å². The molecule has 0 aliphatic heterocycles. The summed E-state index contributed by atoms with van der Waals surface area (Å²) in [5.74, 6) is 2.67. The first-order chi connectivity index (χ1) is 9.13. The van der Waals surface area contributed by atoms with E-state index in [4.69, 9.17) is 20.8 Å². The van der Waals surface area contributed by atoms with Gasteiger partial charge in [0.05, 0.1) is 13.2 Å². The normalized spacial score (nSPS) is 12.4. The lowest BCUT2D eigenvalue weighted by atomic mass is 10.0. The Morgan fingerprint density at radius 3 is 2.68 bits per heavy atom. The van der Waals surface area contributed by atoms with Gasteiger partial charge in [-0.25, -0.2) is 0 Å². The largest absolute Gasteiger partial charge is 0.496 e. The van der Waals surface area contributed by atoms with Gasteiger partial charge in [0.25, 0.3) is 0 Å². The van der Waals surface area contributed by atoms with E-state index in [9.17, 15) is 0 Å². The molecule has 1 unspecified atom stereocenters. The molecule has 1 N–H and O–H groups in total. The Hall–Kier alpha value is -1.45. The maximum atomic E-state index is 6.05. The number of rotatable bonds is 5. The number of methoxy groups -OCH3 is 1. The van der Waals surface area contributed by atoms with Crippen molar-refractivity contribution in [3.05, 3.63) is 52.4 Å². The lowest BCUT2D eigenvalue weighted by molar-refractivity contribution is 0.393. The van der Waals surface area contributed by atoms with Crippen molar-refractivity contribution >= 4 is 11.6 Å². The molecule has 1 aromatic carbocycles. The molecule has 102 valence electrons. The third kappa shape index (κ3) is 3.31. The highest BCUT2D eigenvalue weighted by Crippen LogP contribution is 2.28. The first kappa shape index (κ1) is 14.0. The summed E-state index contributed by atoms with van der Waals surface area (Å²) in [6, 6.07) is 9.71. The van der Waals surface area contributed by atoms with Crippen LogP contribution in [-0.4, -0.2) is 14.2 Å². The first-order valence-corrected chi connectivity index (χ1v) is 6.58. The van der Waals surface area contributed by atoms with Crippen LogP contribution in [0.5, 0.6) is 5.75 Å². The van der Waals surface area contributed by atoms with E-state index in [1.54, 1.807) is 7.11 Å². The van der Waals surface area contributed by atoms with Crippen LogP contribution in [0.15, 0.2) is 34.7 Å². The van der Waals surface area contributed by atoms with Crippen LogP contribution in [0.4, 0.5) is 0 Å². The van der Waals surface area contributed by atoms with Gasteiger partial charge in [0.2, 0.25) is 0 Å². The molecule has 0 amide bonds. The fourth-order valence-corrected chi connectivity index (χ4v) is 2.31. The zero-order chi connectivity index (χ0) is 13.8. The Balaban J connectivity index is 2.25. The second-order valence-electron chi connectivity index (χ2n) is 4.45. The van der Waals surface area contributed by atoms with Gasteiger partial charge in [0.1, 0.15) is 17.3 Å². The minimum Gasteiger partial charge on any atom is -0.496 e. The minimum atomic E-state index is 0.0982. The molecule has 0 bridgehead atoms. The van der Waals surface area contributed by atoms with Gasteiger partial charge in [-0.1, -0.05) is 11.6 Å². The van der Waals surface area contributed by atoms with Gasteiger partial charge in [-0.15, -0.1) is 0 Å². The lowest BCUT2D eigenvalue weighted by Gasteiger charge is -2.16. The molecule has 4 heteroatoms. The number of ether oxygens (including phenoxy) is 1. The number of halogens is 1. The van der Waals surface area contributed by atoms with Gasteiger partial charge in [0.15, 0.2) is 0 Å². The van der Waals surface area contributed by atoms with Crippen molar-refractivity contribution in [3.63, 3.8) is 0 Å². The summed E-state index contributed by atoms with van der Waals surface area (Å²) in [4.78, 5) is 0. The molecule has 0 radical (unpaired) electrons. The first-order valence-electron chi connectivity index (χ1n) is 6.20. The Bertz CT molecular complexity index is 551. The zero-order valence-electron chi connectivity index (χ0n) is 11.4. The lowest BCUT2D eigenvalue weighted by Crippen LogP contribution is -2.18. The van der Waals surface area contributed by atoms with E-state index in [1.807, 2.05) is 44.3 Å². The summed E-state index contributed by atoms with van der Waals surface area (Å²) < 4.78 is 11.0. The number of furan rings is 1. The molecule has 0 saturated heterocycles. The molecule has 2 aromatic rings. The fraction of sp³-hybridized carbons (Fsp3) is 0.333. The van der Waals surface area contributed by atoms with E-state index in [0.717, 1.165) is 29.3 Å². The van der Waals surface area contributed by atoms with Crippen molar-refractivity contribution < 1.29 is 9.15 Å². The molecule has 2 rings (SSSR count). The standard InChI is InChI=1S/C15H18ClNO2/c1-10-4-6-15(19-10)13(17-2)9-11-8-12(16)5-7-14(11)18-3/h4-8,13,17H,9H2,1-3H3. The molecular formula is C15H18ClNO2. The topological polar surface area (TPSA) is 34.4 Å². The van der Waals surface area contributed by atoms with Gasteiger partial charge in [0, 0.05) is 5.02 Å². The highest BCUT2D eigenvalue weighted by Gasteiger charge is 2.16. The van der Waals surface area contributed by atoms with Gasteiger partial charge in [-0.05, 0) is 56.3 Å². The number of hydrogen-bond donors (Lipinski definition) is 1. The molecule has 0 saturated carbocycles. The van der Waals surface area contributed by atoms with Crippen molar-refractivity contribution in [2.45, 2.75) is 19.4 Å². The summed E-state index contributed by atoms with van der Waals surface area (Å²) in [5.41, 5.74) is 1.06. The second-order valence-corrected chi connectivity index (χ2v) is 4.89. The zero-order valence-corrected chi connectivity index (χ0v) is 12.1. The van der Waals surface area contributed by atoms with E-state index in [2.05, 4.69) is 5.32 Å². The monoisotopic (exact) mass is 279 g/mol. The highest BCUT2D eigenvalue weighted by molar-refractivity contribution is 6.30. The molecule has 1 atom stereocenters. The van der Waals surface area contributed by atoms with Crippen LogP contribution >= 0.6 is 11.6 Å². The van der Waals surface area contributed by atoms with Gasteiger partial charge in [-0.3, -0.25) is 0 Å². The number of aryl methyl sites for hydroxylation is 1. The summed E-state index contributed by atoms with van der Waals surface area (Å²) in [7, 11) is 3.58. The Kier molecular flexibility index (Phi) is 4.51. The highest BCUT2D eigenvalue weighted by atomic mass is 35.5. The Morgan fingerprint density at radius 2 is 2.11 bits per heavy atom. The average Bonchev–Trinajstić information content (AvgIpc) is 2.82. The van der Waals surface area contributed by atoms with Crippen molar-refractivity contribution in [1.29, 1.82) is 0 Å². The molecule has 1 heterocycles. The molecule has 0 fully saturated rings. The van der Waals surface area contributed by atoms with Crippen LogP contribution in [0.2, 0.25) is 5.02 Å². The quantitative estimate of drug-likeness (QED) is 0.905. The van der Waals surface area contributed by atoms with E-state index in [0.29, 0.717) is 5.02 Å². The Labute approximate surface area is 118 Å². The molecule has 0 aliphatic carbocycles. The van der Waals surface area contributed by atoms with Crippen LogP contribution in [0, 0.1) is 6.92 Å². The predicted molar refractivity (Wildman–Crippen MR) is 77.0 cm³/mol. The average molecular weight is 280 g/mol. The molecule has 1 aromatic heterocycles. The third-order valence-electron chi connectivity index (χ3n) is 3.12.